The van der Waals surface area contributed by atoms with Crippen molar-refractivity contribution in [3.8, 4) is 10.8 Å². The fourth-order valence-corrected chi connectivity index (χ4v) is 3.77. The van der Waals surface area contributed by atoms with Gasteiger partial charge in [0.25, 0.3) is 0 Å². The summed E-state index contributed by atoms with van der Waals surface area (Å²) in [6.07, 6.45) is 1.78. The molecule has 1 aliphatic rings. The highest BCUT2D eigenvalue weighted by atomic mass is 32.1. The summed E-state index contributed by atoms with van der Waals surface area (Å²) in [4.78, 5) is 30.3. The van der Waals surface area contributed by atoms with Crippen LogP contribution in [0.3, 0.4) is 0 Å². The van der Waals surface area contributed by atoms with E-state index in [9.17, 15) is 9.59 Å². The van der Waals surface area contributed by atoms with Crippen LogP contribution in [0, 0.1) is 12.8 Å². The molecule has 2 aromatic rings. The van der Waals surface area contributed by atoms with Gasteiger partial charge >= 0.3 is 0 Å². The molecule has 1 saturated heterocycles. The molecule has 3 rings (SSSR count). The second kappa shape index (κ2) is 6.76. The Labute approximate surface area is 144 Å². The van der Waals surface area contributed by atoms with Crippen LogP contribution >= 0.6 is 11.3 Å². The maximum atomic E-state index is 12.6. The number of thiazole rings is 1. The van der Waals surface area contributed by atoms with Crippen LogP contribution in [-0.4, -0.2) is 34.3 Å². The van der Waals surface area contributed by atoms with Crippen molar-refractivity contribution in [3.05, 3.63) is 29.0 Å². The Morgan fingerprint density at radius 3 is 2.88 bits per heavy atom. The summed E-state index contributed by atoms with van der Waals surface area (Å²) in [5.74, 6) is 0.959. The molecule has 2 aromatic heterocycles. The van der Waals surface area contributed by atoms with Crippen molar-refractivity contribution in [2.24, 2.45) is 11.7 Å². The zero-order chi connectivity index (χ0) is 17.3. The lowest BCUT2D eigenvalue weighted by molar-refractivity contribution is -0.137. The average molecular weight is 347 g/mol. The summed E-state index contributed by atoms with van der Waals surface area (Å²) >= 11 is 1.46. The maximum Gasteiger partial charge on any atom is 0.228 e. The maximum absolute atomic E-state index is 12.6. The molecule has 2 N–H and O–H groups in total. The molecule has 3 heterocycles. The van der Waals surface area contributed by atoms with Gasteiger partial charge < -0.3 is 15.1 Å². The number of hydrogen-bond donors (Lipinski definition) is 1. The van der Waals surface area contributed by atoms with Crippen molar-refractivity contribution in [1.29, 1.82) is 0 Å². The Morgan fingerprint density at radius 1 is 1.42 bits per heavy atom. The van der Waals surface area contributed by atoms with Gasteiger partial charge in [-0.2, -0.15) is 0 Å². The summed E-state index contributed by atoms with van der Waals surface area (Å²) in [6.45, 7) is 4.30. The van der Waals surface area contributed by atoms with Crippen LogP contribution < -0.4 is 5.73 Å². The lowest BCUT2D eigenvalue weighted by atomic mass is 9.92. The third-order valence-corrected chi connectivity index (χ3v) is 5.35. The molecule has 0 aromatic carbocycles. The standard InChI is InChI=1S/C17H21N3O3S/c1-10-3-5-12(16(18)22)8-20(10)15(21)7-13-9-24-17(19-13)14-6-4-11(2)23-14/h4,6,9-10,12H,3,5,7-8H2,1-2H3,(H2,18,22). The molecular formula is C17H21N3O3S. The Balaban J connectivity index is 1.68. The highest BCUT2D eigenvalue weighted by molar-refractivity contribution is 7.13. The number of amides is 2. The van der Waals surface area contributed by atoms with Crippen LogP contribution in [0.15, 0.2) is 21.9 Å². The molecule has 0 bridgehead atoms. The van der Waals surface area contributed by atoms with Gasteiger partial charge in [-0.1, -0.05) is 0 Å². The van der Waals surface area contributed by atoms with Gasteiger partial charge in [-0.15, -0.1) is 11.3 Å². The summed E-state index contributed by atoms with van der Waals surface area (Å²) < 4.78 is 5.56. The quantitative estimate of drug-likeness (QED) is 0.919. The molecule has 0 aliphatic carbocycles. The van der Waals surface area contributed by atoms with Gasteiger partial charge in [0.2, 0.25) is 11.8 Å². The van der Waals surface area contributed by atoms with E-state index in [1.807, 2.05) is 31.4 Å². The number of furan rings is 1. The molecule has 0 radical (unpaired) electrons. The molecule has 2 unspecified atom stereocenters. The Morgan fingerprint density at radius 2 is 2.21 bits per heavy atom. The third-order valence-electron chi connectivity index (χ3n) is 4.44. The number of nitrogens with two attached hydrogens (primary N) is 1. The number of carbonyl (C=O) groups excluding carboxylic acids is 2. The summed E-state index contributed by atoms with van der Waals surface area (Å²) in [5.41, 5.74) is 6.12. The second-order valence-corrected chi connectivity index (χ2v) is 7.16. The topological polar surface area (TPSA) is 89.4 Å². The van der Waals surface area contributed by atoms with Crippen molar-refractivity contribution < 1.29 is 14.0 Å². The van der Waals surface area contributed by atoms with Gasteiger partial charge in [-0.3, -0.25) is 9.59 Å². The van der Waals surface area contributed by atoms with E-state index < -0.39 is 0 Å². The SMILES string of the molecule is Cc1ccc(-c2nc(CC(=O)N3CC(C(N)=O)CCC3C)cs2)o1. The first-order valence-electron chi connectivity index (χ1n) is 8.04. The van der Waals surface area contributed by atoms with E-state index in [-0.39, 0.29) is 30.2 Å². The smallest absolute Gasteiger partial charge is 0.228 e. The fraction of sp³-hybridized carbons (Fsp3) is 0.471. The zero-order valence-electron chi connectivity index (χ0n) is 13.8. The van der Waals surface area contributed by atoms with Gasteiger partial charge in [-0.25, -0.2) is 4.98 Å². The number of hydrogen-bond acceptors (Lipinski definition) is 5. The number of nitrogens with zero attached hydrogens (tertiary/aromatic N) is 2. The number of aromatic nitrogens is 1. The number of primary amides is 1. The molecule has 0 spiro atoms. The molecule has 7 heteroatoms. The Bertz CT molecular complexity index is 752. The van der Waals surface area contributed by atoms with Crippen LogP contribution in [-0.2, 0) is 16.0 Å². The first-order chi connectivity index (χ1) is 11.4. The molecule has 6 nitrogen and oxygen atoms in total. The molecule has 24 heavy (non-hydrogen) atoms. The first kappa shape index (κ1) is 16.7. The monoisotopic (exact) mass is 347 g/mol. The second-order valence-electron chi connectivity index (χ2n) is 6.30. The van der Waals surface area contributed by atoms with Crippen molar-refractivity contribution in [2.75, 3.05) is 6.54 Å². The molecule has 2 amide bonds. The van der Waals surface area contributed by atoms with Crippen LogP contribution in [0.25, 0.3) is 10.8 Å². The van der Waals surface area contributed by atoms with Crippen LogP contribution in [0.2, 0.25) is 0 Å². The molecule has 0 saturated carbocycles. The third kappa shape index (κ3) is 3.51. The number of piperidine rings is 1. The summed E-state index contributed by atoms with van der Waals surface area (Å²) in [7, 11) is 0. The van der Waals surface area contributed by atoms with E-state index in [2.05, 4.69) is 4.98 Å². The number of aryl methyl sites for hydroxylation is 1. The molecule has 128 valence electrons. The normalized spacial score (nSPS) is 21.0. The highest BCUT2D eigenvalue weighted by Crippen LogP contribution is 2.27. The van der Waals surface area contributed by atoms with Gasteiger partial charge in [0, 0.05) is 18.0 Å². The highest BCUT2D eigenvalue weighted by Gasteiger charge is 2.31. The summed E-state index contributed by atoms with van der Waals surface area (Å²) in [6, 6.07) is 3.89. The van der Waals surface area contributed by atoms with Gasteiger partial charge in [-0.05, 0) is 38.8 Å². The van der Waals surface area contributed by atoms with Crippen molar-refractivity contribution in [3.63, 3.8) is 0 Å². The van der Waals surface area contributed by atoms with E-state index >= 15 is 0 Å². The minimum atomic E-state index is -0.330. The number of likely N-dealkylation sites (tertiary alicyclic amines) is 1. The number of carbonyl (C=O) groups is 2. The van der Waals surface area contributed by atoms with E-state index in [4.69, 9.17) is 10.2 Å². The Kier molecular flexibility index (Phi) is 4.71. The van der Waals surface area contributed by atoms with Crippen molar-refractivity contribution in [1.82, 2.24) is 9.88 Å². The number of rotatable bonds is 4. The molecule has 1 aliphatic heterocycles. The zero-order valence-corrected chi connectivity index (χ0v) is 14.6. The van der Waals surface area contributed by atoms with Crippen molar-refractivity contribution >= 4 is 23.2 Å². The molecule has 2 atom stereocenters. The molecular weight excluding hydrogens is 326 g/mol. The van der Waals surface area contributed by atoms with E-state index in [1.165, 1.54) is 11.3 Å². The minimum absolute atomic E-state index is 0.0130. The average Bonchev–Trinajstić information content (AvgIpc) is 3.16. The van der Waals surface area contributed by atoms with Gasteiger partial charge in [0.05, 0.1) is 18.0 Å². The predicted octanol–water partition coefficient (Wildman–Crippen LogP) is 2.37. The molecule has 1 fully saturated rings. The lowest BCUT2D eigenvalue weighted by Gasteiger charge is -2.36. The van der Waals surface area contributed by atoms with Gasteiger partial charge in [0.15, 0.2) is 10.8 Å². The van der Waals surface area contributed by atoms with E-state index in [0.29, 0.717) is 6.54 Å². The van der Waals surface area contributed by atoms with Crippen LogP contribution in [0.1, 0.15) is 31.2 Å². The summed E-state index contributed by atoms with van der Waals surface area (Å²) in [5, 5.41) is 2.65. The predicted molar refractivity (Wildman–Crippen MR) is 91.4 cm³/mol. The Hall–Kier alpha value is -2.15. The van der Waals surface area contributed by atoms with E-state index in [0.717, 1.165) is 35.1 Å². The van der Waals surface area contributed by atoms with Crippen LogP contribution in [0.5, 0.6) is 0 Å². The minimum Gasteiger partial charge on any atom is -0.459 e. The lowest BCUT2D eigenvalue weighted by Crippen LogP contribution is -2.49. The van der Waals surface area contributed by atoms with Crippen molar-refractivity contribution in [2.45, 2.75) is 39.2 Å². The van der Waals surface area contributed by atoms with Crippen LogP contribution in [0.4, 0.5) is 0 Å². The first-order valence-corrected chi connectivity index (χ1v) is 8.92. The largest absolute Gasteiger partial charge is 0.459 e. The fourth-order valence-electron chi connectivity index (χ4n) is 2.99. The van der Waals surface area contributed by atoms with E-state index in [1.54, 1.807) is 4.90 Å². The van der Waals surface area contributed by atoms with Gasteiger partial charge in [0.1, 0.15) is 5.76 Å².